The molecule has 3 fully saturated rings. The van der Waals surface area contributed by atoms with Gasteiger partial charge in [0.15, 0.2) is 5.88 Å². The van der Waals surface area contributed by atoms with Gasteiger partial charge in [0.1, 0.15) is 0 Å². The minimum atomic E-state index is -0.284. The number of amides is 5. The predicted octanol–water partition coefficient (Wildman–Crippen LogP) is 1.35. The van der Waals surface area contributed by atoms with Crippen molar-refractivity contribution in [2.24, 2.45) is 0 Å². The van der Waals surface area contributed by atoms with Gasteiger partial charge in [-0.1, -0.05) is 6.42 Å². The summed E-state index contributed by atoms with van der Waals surface area (Å²) in [5, 5.41) is 33.2. The van der Waals surface area contributed by atoms with Crippen LogP contribution in [0.5, 0.6) is 11.8 Å². The Balaban J connectivity index is 0.909. The number of hydrogen-bond donors (Lipinski definition) is 8. The number of fused-ring (bicyclic) bond motifs is 1. The van der Waals surface area contributed by atoms with Crippen molar-refractivity contribution < 1.29 is 29.4 Å². The first-order chi connectivity index (χ1) is 24.1. The first-order valence-electron chi connectivity index (χ1n) is 17.2. The van der Waals surface area contributed by atoms with E-state index in [1.165, 1.54) is 28.5 Å². The molecule has 3 saturated heterocycles. The number of thioether (sulfide) groups is 2. The van der Waals surface area contributed by atoms with E-state index in [9.17, 15) is 29.4 Å². The number of unbranched alkanes of at least 4 members (excludes halogenated alkanes) is 1. The third kappa shape index (κ3) is 10.1. The molecule has 5 rings (SSSR count). The molecule has 3 unspecified atom stereocenters. The lowest BCUT2D eigenvalue weighted by Gasteiger charge is -2.35. The highest BCUT2D eigenvalue weighted by Gasteiger charge is 2.42. The van der Waals surface area contributed by atoms with Crippen LogP contribution in [0.25, 0.3) is 0 Å². The fourth-order valence-corrected chi connectivity index (χ4v) is 8.82. The number of nitrogens with zero attached hydrogens (tertiary/aromatic N) is 3. The highest BCUT2D eigenvalue weighted by atomic mass is 32.2. The number of hydrogen-bond acceptors (Lipinski definition) is 11. The molecule has 5 amide bonds. The van der Waals surface area contributed by atoms with Crippen molar-refractivity contribution in [3.8, 4) is 11.8 Å². The summed E-state index contributed by atoms with van der Waals surface area (Å²) in [5.74, 6) is 1.17. The minimum absolute atomic E-state index is 0.00987. The van der Waals surface area contributed by atoms with Crippen molar-refractivity contribution in [1.82, 2.24) is 35.6 Å². The number of rotatable bonds is 17. The quantitative estimate of drug-likeness (QED) is 0.0503. The van der Waals surface area contributed by atoms with E-state index in [2.05, 4.69) is 26.2 Å². The van der Waals surface area contributed by atoms with Gasteiger partial charge in [0.2, 0.25) is 17.7 Å². The second kappa shape index (κ2) is 17.8. The van der Waals surface area contributed by atoms with Crippen LogP contribution in [-0.4, -0.2) is 123 Å². The van der Waals surface area contributed by atoms with Gasteiger partial charge in [-0.2, -0.15) is 11.8 Å². The van der Waals surface area contributed by atoms with Gasteiger partial charge in [0, 0.05) is 93.6 Å². The maximum Gasteiger partial charge on any atom is 0.315 e. The Labute approximate surface area is 300 Å². The number of carbonyl (C=O) groups is 4. The van der Waals surface area contributed by atoms with E-state index in [0.29, 0.717) is 84.9 Å². The highest BCUT2D eigenvalue weighted by Crippen LogP contribution is 2.35. The van der Waals surface area contributed by atoms with Crippen molar-refractivity contribution in [1.29, 1.82) is 0 Å². The fraction of sp³-hybridized carbons (Fsp3) is 0.576. The zero-order valence-corrected chi connectivity index (χ0v) is 29.8. The van der Waals surface area contributed by atoms with Gasteiger partial charge in [-0.15, -0.1) is 11.8 Å². The molecule has 2 aromatic rings. The van der Waals surface area contributed by atoms with Crippen molar-refractivity contribution in [2.75, 3.05) is 68.8 Å². The standard InChI is InChI=1S/C33H49N9O6S2/c34-22-8-7-21(18-23(22)35)31(46)37-9-3-5-27(43)36-10-17-49-26-19-29(45)42(32(26)47)16-13-40-11-14-41(15-12-40)28(44)6-2-1-4-25-30-24(20-50-25)38-33(48)39-30/h7-8,18-19,24-25,30,45,47H,1-6,9-17,20,34-35H2,(H,36,43)(H,37,46)(H2,38,39,48). The van der Waals surface area contributed by atoms with Crippen LogP contribution in [0, 0.1) is 0 Å². The number of nitrogens with one attached hydrogen (secondary N) is 4. The second-order valence-corrected chi connectivity index (χ2v) is 15.2. The molecule has 4 heterocycles. The van der Waals surface area contributed by atoms with E-state index in [4.69, 9.17) is 11.5 Å². The molecule has 0 bridgehead atoms. The van der Waals surface area contributed by atoms with Crippen molar-refractivity contribution in [3.63, 3.8) is 0 Å². The third-order valence-electron chi connectivity index (χ3n) is 9.34. The average Bonchev–Trinajstić information content (AvgIpc) is 3.74. The van der Waals surface area contributed by atoms with E-state index >= 15 is 0 Å². The van der Waals surface area contributed by atoms with Crippen LogP contribution in [-0.2, 0) is 16.1 Å². The van der Waals surface area contributed by atoms with Crippen molar-refractivity contribution in [2.45, 2.75) is 67.3 Å². The summed E-state index contributed by atoms with van der Waals surface area (Å²) in [5.41, 5.74) is 12.6. The highest BCUT2D eigenvalue weighted by molar-refractivity contribution is 8.00. The molecule has 15 nitrogen and oxygen atoms in total. The number of anilines is 2. The molecule has 10 N–H and O–H groups in total. The first kappa shape index (κ1) is 37.3. The normalized spacial score (nSPS) is 20.3. The van der Waals surface area contributed by atoms with Crippen molar-refractivity contribution in [3.05, 3.63) is 29.8 Å². The number of aromatic nitrogens is 1. The Bertz CT molecular complexity index is 1520. The molecule has 3 aliphatic rings. The van der Waals surface area contributed by atoms with E-state index in [-0.39, 0.29) is 54.0 Å². The molecule has 0 aliphatic carbocycles. The number of piperazine rings is 1. The molecule has 17 heteroatoms. The van der Waals surface area contributed by atoms with Gasteiger partial charge in [-0.25, -0.2) is 4.79 Å². The van der Waals surface area contributed by atoms with Crippen LogP contribution in [0.15, 0.2) is 29.2 Å². The average molecular weight is 732 g/mol. The molecular weight excluding hydrogens is 683 g/mol. The number of nitrogen functional groups attached to an aromatic ring is 2. The van der Waals surface area contributed by atoms with Gasteiger partial charge >= 0.3 is 6.03 Å². The van der Waals surface area contributed by atoms with Crippen LogP contribution in [0.1, 0.15) is 48.9 Å². The Morgan fingerprint density at radius 3 is 2.52 bits per heavy atom. The Kier molecular flexibility index (Phi) is 13.3. The van der Waals surface area contributed by atoms with Crippen LogP contribution in [0.3, 0.4) is 0 Å². The fourth-order valence-electron chi connectivity index (χ4n) is 6.42. The third-order valence-corrected chi connectivity index (χ3v) is 11.9. The summed E-state index contributed by atoms with van der Waals surface area (Å²) in [4.78, 5) is 53.5. The summed E-state index contributed by atoms with van der Waals surface area (Å²) < 4.78 is 1.48. The largest absolute Gasteiger partial charge is 0.494 e. The molecule has 274 valence electrons. The first-order valence-corrected chi connectivity index (χ1v) is 19.3. The summed E-state index contributed by atoms with van der Waals surface area (Å²) in [7, 11) is 0. The Hall–Kier alpha value is -3.96. The molecule has 50 heavy (non-hydrogen) atoms. The lowest BCUT2D eigenvalue weighted by molar-refractivity contribution is -0.133. The van der Waals surface area contributed by atoms with E-state index in [0.717, 1.165) is 38.1 Å². The number of urea groups is 1. The molecule has 0 spiro atoms. The summed E-state index contributed by atoms with van der Waals surface area (Å²) in [6, 6.07) is 6.57. The lowest BCUT2D eigenvalue weighted by atomic mass is 10.0. The molecule has 1 aromatic heterocycles. The van der Waals surface area contributed by atoms with Crippen LogP contribution >= 0.6 is 23.5 Å². The van der Waals surface area contributed by atoms with Crippen LogP contribution in [0.2, 0.25) is 0 Å². The van der Waals surface area contributed by atoms with Gasteiger partial charge in [0.25, 0.3) is 5.91 Å². The maximum atomic E-state index is 12.8. The molecule has 3 atom stereocenters. The molecule has 0 radical (unpaired) electrons. The van der Waals surface area contributed by atoms with Crippen LogP contribution < -0.4 is 32.7 Å². The van der Waals surface area contributed by atoms with E-state index in [1.54, 1.807) is 12.1 Å². The maximum absolute atomic E-state index is 12.8. The zero-order chi connectivity index (χ0) is 35.6. The van der Waals surface area contributed by atoms with Gasteiger partial charge < -0.3 is 47.8 Å². The number of benzene rings is 1. The number of carbonyl (C=O) groups excluding carboxylic acids is 4. The SMILES string of the molecule is Nc1ccc(C(=O)NCCCC(=O)NCCSc2cc(O)n(CCN3CCN(C(=O)CCCCC4SCC5NC(=O)NC54)CC3)c2O)cc1N. The molecular formula is C33H49N9O6S2. The predicted molar refractivity (Wildman–Crippen MR) is 195 cm³/mol. The summed E-state index contributed by atoms with van der Waals surface area (Å²) in [6.45, 7) is 4.52. The second-order valence-electron chi connectivity index (χ2n) is 12.8. The number of aromatic hydroxyl groups is 2. The topological polar surface area (TPSA) is 220 Å². The summed E-state index contributed by atoms with van der Waals surface area (Å²) >= 11 is 3.24. The Morgan fingerprint density at radius 2 is 1.74 bits per heavy atom. The molecule has 0 saturated carbocycles. The molecule has 3 aliphatic heterocycles. The molecule has 1 aromatic carbocycles. The van der Waals surface area contributed by atoms with Crippen molar-refractivity contribution >= 4 is 58.7 Å². The van der Waals surface area contributed by atoms with Gasteiger partial charge in [-0.3, -0.25) is 23.9 Å². The smallest absolute Gasteiger partial charge is 0.315 e. The van der Waals surface area contributed by atoms with Crippen LogP contribution in [0.4, 0.5) is 16.2 Å². The Morgan fingerprint density at radius 1 is 0.940 bits per heavy atom. The summed E-state index contributed by atoms with van der Waals surface area (Å²) in [6.07, 6.45) is 4.07. The van der Waals surface area contributed by atoms with E-state index in [1.807, 2.05) is 16.7 Å². The minimum Gasteiger partial charge on any atom is -0.494 e. The number of nitrogens with two attached hydrogens (primary N) is 2. The lowest BCUT2D eigenvalue weighted by Crippen LogP contribution is -2.49. The zero-order valence-electron chi connectivity index (χ0n) is 28.2. The van der Waals surface area contributed by atoms with E-state index < -0.39 is 0 Å². The van der Waals surface area contributed by atoms with Gasteiger partial charge in [0.05, 0.1) is 28.4 Å². The monoisotopic (exact) mass is 731 g/mol. The van der Waals surface area contributed by atoms with Gasteiger partial charge in [-0.05, 0) is 37.5 Å².